The number of imidazole rings is 4. The van der Waals surface area contributed by atoms with Gasteiger partial charge in [-0.3, -0.25) is 51.0 Å². The monoisotopic (exact) mass is 1520 g/mol. The Labute approximate surface area is 616 Å². The van der Waals surface area contributed by atoms with Crippen LogP contribution in [0.25, 0.3) is 44.7 Å². The quantitative estimate of drug-likeness (QED) is 0.0376. The predicted octanol–water partition coefficient (Wildman–Crippen LogP) is 8.09. The molecule has 32 nitrogen and oxygen atoms in total. The number of para-hydroxylation sites is 1. The first-order valence-electron chi connectivity index (χ1n) is 32.8. The normalized spacial score (nSPS) is 28.1. The van der Waals surface area contributed by atoms with Gasteiger partial charge in [-0.25, -0.2) is 44.4 Å². The third kappa shape index (κ3) is 15.3. The van der Waals surface area contributed by atoms with E-state index in [-0.39, 0.29) is 160 Å². The van der Waals surface area contributed by atoms with Crippen LogP contribution in [0, 0.1) is 36.5 Å². The number of aromatic amines is 2. The summed E-state index contributed by atoms with van der Waals surface area (Å²) >= 11 is 0. The van der Waals surface area contributed by atoms with Crippen molar-refractivity contribution < 1.29 is 112 Å². The fourth-order valence-electron chi connectivity index (χ4n) is 14.3. The number of anilines is 4. The van der Waals surface area contributed by atoms with Crippen LogP contribution in [0.1, 0.15) is 145 Å². The number of nitrogens with two attached hydrogens (primary N) is 4. The van der Waals surface area contributed by atoms with Crippen LogP contribution < -0.4 is 38.6 Å². The summed E-state index contributed by atoms with van der Waals surface area (Å²) in [5, 5.41) is 0. The Bertz CT molecular complexity index is 4270. The summed E-state index contributed by atoms with van der Waals surface area (Å²) in [4.78, 5) is 79.4. The van der Waals surface area contributed by atoms with E-state index < -0.39 is 7.82 Å². The Morgan fingerprint density at radius 1 is 0.571 bits per heavy atom. The van der Waals surface area contributed by atoms with Gasteiger partial charge in [0.1, 0.15) is 41.6 Å². The molecule has 6 fully saturated rings. The number of phosphoric ester groups is 1. The number of aromatic nitrogens is 16. The Morgan fingerprint density at radius 2 is 0.980 bits per heavy atom. The second kappa shape index (κ2) is 32.8. The van der Waals surface area contributed by atoms with Crippen molar-refractivity contribution in [1.82, 2.24) is 78.1 Å². The number of hydrogen-bond donors (Lipinski definition) is 7. The average Bonchev–Trinajstić information content (AvgIpc) is 1.60. The summed E-state index contributed by atoms with van der Waals surface area (Å²) in [6, 6.07) is 8.32. The molecule has 0 saturated carbocycles. The van der Waals surface area contributed by atoms with Crippen LogP contribution in [0.2, 0.25) is 0 Å². The SMILES string of the molecule is CC[C@@H]1C2OCC[C@]1(CC)O[C@H]2n1cnc2c(=O)[nH]c(N)nc21.CC[C@@H]1C2OCC[C@]1(CC)O[C@H]2n1cnc2c(N)ncnc21.CC[C@@H]1[CH-][C@H](n2cnc3c(=O)[nH]c(N)nc32)O[C@@H]1CC.CC[C@@H]1[CH-][C@H](n2cnc3c(N)ncnc32)O[C@@H]1CC.COP(=O)(O)Oc1ccccc1.[Y].[Y]. The molecule has 15 atom stereocenters. The molecule has 4 bridgehead atoms. The maximum atomic E-state index is 12.0. The average molecular weight is 1530 g/mol. The van der Waals surface area contributed by atoms with Gasteiger partial charge >= 0.3 is 7.82 Å². The number of benzene rings is 1. The molecule has 6 saturated heterocycles. The molecular weight excluding hydrogens is 1440 g/mol. The summed E-state index contributed by atoms with van der Waals surface area (Å²) in [5.41, 5.74) is 26.1. The number of nitrogens with zero attached hydrogens (tertiary/aromatic N) is 14. The van der Waals surface area contributed by atoms with Crippen molar-refractivity contribution in [2.45, 2.75) is 180 Å². The van der Waals surface area contributed by atoms with E-state index >= 15 is 0 Å². The van der Waals surface area contributed by atoms with Gasteiger partial charge in [0.2, 0.25) is 11.9 Å². The third-order valence-corrected chi connectivity index (χ3v) is 20.2. The number of rotatable bonds is 15. The van der Waals surface area contributed by atoms with Gasteiger partial charge in [-0.1, -0.05) is 86.4 Å². The first-order chi connectivity index (χ1) is 46.3. The number of ether oxygens (including phenoxy) is 6. The first kappa shape index (κ1) is 76.3. The van der Waals surface area contributed by atoms with Crippen LogP contribution >= 0.6 is 7.82 Å². The van der Waals surface area contributed by atoms with Crippen LogP contribution in [-0.4, -0.2) is 139 Å². The molecule has 6 aliphatic heterocycles. The smallest absolute Gasteiger partial charge is 0.404 e. The second-order valence-electron chi connectivity index (χ2n) is 24.3. The number of nitrogen functional groups attached to an aromatic ring is 4. The van der Waals surface area contributed by atoms with Crippen LogP contribution in [0.4, 0.5) is 23.5 Å². The first-order valence-corrected chi connectivity index (χ1v) is 34.3. The fraction of sp³-hybridized carbons (Fsp3) is 0.556. The molecule has 15 rings (SSSR count). The molecule has 3 unspecified atom stereocenters. The zero-order valence-electron chi connectivity index (χ0n) is 56.5. The number of phosphoric acid groups is 1. The van der Waals surface area contributed by atoms with Crippen molar-refractivity contribution in [3.8, 4) is 5.75 Å². The van der Waals surface area contributed by atoms with Crippen LogP contribution in [-0.2, 0) is 103 Å². The molecule has 0 aliphatic carbocycles. The van der Waals surface area contributed by atoms with E-state index in [2.05, 4.69) is 137 Å². The van der Waals surface area contributed by atoms with E-state index in [1.807, 2.05) is 9.13 Å². The minimum atomic E-state index is -3.90. The van der Waals surface area contributed by atoms with Gasteiger partial charge in [-0.2, -0.15) is 9.97 Å². The third-order valence-electron chi connectivity index (χ3n) is 19.3. The molecule has 8 aromatic heterocycles. The maximum Gasteiger partial charge on any atom is 0.527 e. The van der Waals surface area contributed by atoms with Gasteiger partial charge in [0.05, 0.1) is 36.5 Å². The zero-order chi connectivity index (χ0) is 68.2. The van der Waals surface area contributed by atoms with Gasteiger partial charge in [0.15, 0.2) is 57.7 Å². The van der Waals surface area contributed by atoms with Gasteiger partial charge in [-0.05, 0) is 50.7 Å². The number of nitrogens with one attached hydrogen (secondary N) is 2. The molecular formula is C63H87N20O12PY2-2. The summed E-state index contributed by atoms with van der Waals surface area (Å²) in [5.74, 6) is 2.86. The van der Waals surface area contributed by atoms with E-state index in [9.17, 15) is 14.2 Å². The van der Waals surface area contributed by atoms with Crippen molar-refractivity contribution in [3.05, 3.63) is 102 Å². The van der Waals surface area contributed by atoms with Gasteiger partial charge in [0.25, 0.3) is 11.1 Å². The summed E-state index contributed by atoms with van der Waals surface area (Å²) in [6.45, 7) is 18.7. The Morgan fingerprint density at radius 3 is 1.38 bits per heavy atom. The van der Waals surface area contributed by atoms with Gasteiger partial charge in [-0.15, -0.1) is 11.8 Å². The van der Waals surface area contributed by atoms with Gasteiger partial charge in [0, 0.05) is 135 Å². The minimum absolute atomic E-state index is 0. The number of hydrogen-bond acceptors (Lipinski definition) is 25. The molecule has 9 aromatic rings. The molecule has 2 radical (unpaired) electrons. The number of H-pyrrole nitrogens is 2. The fourth-order valence-corrected chi connectivity index (χ4v) is 14.8. The van der Waals surface area contributed by atoms with Crippen molar-refractivity contribution in [3.63, 3.8) is 0 Å². The van der Waals surface area contributed by atoms with Crippen molar-refractivity contribution in [2.24, 2.45) is 23.7 Å². The summed E-state index contributed by atoms with van der Waals surface area (Å²) < 4.78 is 64.3. The largest absolute Gasteiger partial charge is 0.527 e. The van der Waals surface area contributed by atoms with Crippen molar-refractivity contribution >= 4 is 76.0 Å². The Balaban J connectivity index is 0.000000144. The van der Waals surface area contributed by atoms with E-state index in [0.717, 1.165) is 83.6 Å². The van der Waals surface area contributed by atoms with E-state index in [1.165, 1.54) is 12.7 Å². The predicted molar refractivity (Wildman–Crippen MR) is 356 cm³/mol. The van der Waals surface area contributed by atoms with Gasteiger partial charge < -0.3 is 65.0 Å². The molecule has 14 heterocycles. The maximum absolute atomic E-state index is 12.0. The van der Waals surface area contributed by atoms with Crippen molar-refractivity contribution in [2.75, 3.05) is 43.3 Å². The van der Waals surface area contributed by atoms with Crippen LogP contribution in [0.5, 0.6) is 5.75 Å². The van der Waals surface area contributed by atoms with Crippen molar-refractivity contribution in [1.29, 1.82) is 0 Å². The molecule has 0 amide bonds. The molecule has 98 heavy (non-hydrogen) atoms. The molecule has 6 aliphatic rings. The second-order valence-corrected chi connectivity index (χ2v) is 25.8. The molecule has 0 spiro atoms. The Kier molecular flexibility index (Phi) is 25.6. The molecule has 1 aromatic carbocycles. The van der Waals surface area contributed by atoms with E-state index in [0.29, 0.717) is 75.6 Å². The van der Waals surface area contributed by atoms with E-state index in [4.69, 9.17) is 56.2 Å². The minimum Gasteiger partial charge on any atom is -0.404 e. The van der Waals surface area contributed by atoms with Crippen LogP contribution in [0.15, 0.2) is 77.9 Å². The van der Waals surface area contributed by atoms with E-state index in [1.54, 1.807) is 64.8 Å². The number of fused-ring (bicyclic) bond motifs is 8. The summed E-state index contributed by atoms with van der Waals surface area (Å²) in [6.07, 6.45) is 23.3. The molecule has 11 N–H and O–H groups in total. The molecule has 524 valence electrons. The molecule has 35 heteroatoms. The summed E-state index contributed by atoms with van der Waals surface area (Å²) in [7, 11) is -2.78. The topological polar surface area (TPSA) is 430 Å². The zero-order valence-corrected chi connectivity index (χ0v) is 63.1. The Hall–Kier alpha value is -5.86. The van der Waals surface area contributed by atoms with Crippen LogP contribution in [0.3, 0.4) is 0 Å². The standard InChI is InChI=1S/C15H21N5O3.C15H21N5O2.C13H18N5O2.C13H18N5O.C7H9O4P.2Y/c1-3-8-10-13(23-15(8,4-2)5-6-22-10)20-7-17-9-11(20)18-14(16)19-12(9)21;1-3-9-11-14(22-15(9,4-2)5-6-21-11)20-8-19-10-12(16)17-7-18-13(10)20;1-3-7-5-9(20-8(7)4-2)18-6-15-10-11(18)16-13(14)17-12(10)19;1-3-8-5-10(19-9(8)4-2)18-7-17-11-12(14)15-6-16-13(11)18;1-10-12(8,9)11-7-5-3-2-4-6-7;;/h7-8,10,13H,3-6H2,1-2H3,(H3,16,18,19,21);7-9,11,14H,3-6H2,1-2H3,(H2,16,17,18);5-9H,3-4H2,1-2H3,(H3,14,16,17,19);5-10H,3-4H2,1-2H3,(H2,14,15,16);2-6H,1H3,(H,8,9);;/q;;2*-1;;;/t8-,10?,13-,15+;9-,11?,14-,15+;7-,8-,9-;8-,9-,10-;;;/m1111.../s1.